The standard InChI is InChI=1S/C19H23N/c1-19(2,3)20-14-17-10-5-4-8-15(17)12-13-16-9-6-7-11-18(16)20/h4-11H,12-14H2,1-3H3. The van der Waals surface area contributed by atoms with Crippen LogP contribution in [-0.2, 0) is 19.4 Å². The van der Waals surface area contributed by atoms with Crippen LogP contribution in [0.2, 0.25) is 0 Å². The molecule has 0 saturated carbocycles. The number of rotatable bonds is 0. The van der Waals surface area contributed by atoms with Crippen LogP contribution in [0.1, 0.15) is 37.5 Å². The first-order chi connectivity index (χ1) is 9.55. The van der Waals surface area contributed by atoms with Crippen LogP contribution in [0.3, 0.4) is 0 Å². The molecule has 1 aliphatic rings. The van der Waals surface area contributed by atoms with Gasteiger partial charge < -0.3 is 4.90 Å². The fourth-order valence-electron chi connectivity index (χ4n) is 3.06. The molecule has 0 aliphatic carbocycles. The lowest BCUT2D eigenvalue weighted by Gasteiger charge is -2.40. The van der Waals surface area contributed by atoms with Crippen molar-refractivity contribution >= 4 is 5.69 Å². The highest BCUT2D eigenvalue weighted by atomic mass is 15.2. The first kappa shape index (κ1) is 13.2. The molecule has 0 saturated heterocycles. The highest BCUT2D eigenvalue weighted by molar-refractivity contribution is 5.57. The number of hydrogen-bond donors (Lipinski definition) is 0. The van der Waals surface area contributed by atoms with Crippen LogP contribution in [0.5, 0.6) is 0 Å². The topological polar surface area (TPSA) is 3.24 Å². The first-order valence-electron chi connectivity index (χ1n) is 7.48. The fourth-order valence-corrected chi connectivity index (χ4v) is 3.06. The van der Waals surface area contributed by atoms with Gasteiger partial charge in [-0.25, -0.2) is 0 Å². The number of para-hydroxylation sites is 1. The van der Waals surface area contributed by atoms with Crippen molar-refractivity contribution in [1.82, 2.24) is 0 Å². The second kappa shape index (κ2) is 4.97. The Kier molecular flexibility index (Phi) is 3.29. The van der Waals surface area contributed by atoms with Gasteiger partial charge in [-0.3, -0.25) is 0 Å². The van der Waals surface area contributed by atoms with Crippen LogP contribution in [0, 0.1) is 0 Å². The van der Waals surface area contributed by atoms with Crippen molar-refractivity contribution in [1.29, 1.82) is 0 Å². The minimum absolute atomic E-state index is 0.126. The second-order valence-corrected chi connectivity index (χ2v) is 6.65. The van der Waals surface area contributed by atoms with E-state index >= 15 is 0 Å². The minimum Gasteiger partial charge on any atom is -0.362 e. The summed E-state index contributed by atoms with van der Waals surface area (Å²) in [5, 5.41) is 0. The summed E-state index contributed by atoms with van der Waals surface area (Å²) in [7, 11) is 0. The predicted molar refractivity (Wildman–Crippen MR) is 86.2 cm³/mol. The third kappa shape index (κ3) is 2.45. The van der Waals surface area contributed by atoms with Gasteiger partial charge in [0.1, 0.15) is 0 Å². The molecule has 2 aromatic rings. The molecule has 104 valence electrons. The third-order valence-electron chi connectivity index (χ3n) is 4.20. The van der Waals surface area contributed by atoms with Crippen LogP contribution >= 0.6 is 0 Å². The normalized spacial score (nSPS) is 15.1. The Morgan fingerprint density at radius 1 is 0.750 bits per heavy atom. The van der Waals surface area contributed by atoms with E-state index in [0.29, 0.717) is 0 Å². The molecule has 1 aliphatic heterocycles. The van der Waals surface area contributed by atoms with Crippen LogP contribution in [0.15, 0.2) is 48.5 Å². The number of fused-ring (bicyclic) bond motifs is 2. The molecule has 0 unspecified atom stereocenters. The molecular weight excluding hydrogens is 242 g/mol. The average molecular weight is 265 g/mol. The lowest BCUT2D eigenvalue weighted by atomic mass is 9.92. The lowest BCUT2D eigenvalue weighted by Crippen LogP contribution is -2.42. The zero-order chi connectivity index (χ0) is 14.2. The summed E-state index contributed by atoms with van der Waals surface area (Å²) in [6.07, 6.45) is 2.27. The summed E-state index contributed by atoms with van der Waals surface area (Å²) in [5.41, 5.74) is 5.96. The van der Waals surface area contributed by atoms with E-state index in [2.05, 4.69) is 74.2 Å². The Hall–Kier alpha value is -1.76. The molecule has 0 radical (unpaired) electrons. The Morgan fingerprint density at radius 2 is 1.30 bits per heavy atom. The van der Waals surface area contributed by atoms with E-state index in [1.54, 1.807) is 0 Å². The van der Waals surface area contributed by atoms with Gasteiger partial charge in [-0.1, -0.05) is 42.5 Å². The maximum Gasteiger partial charge on any atom is 0.0437 e. The van der Waals surface area contributed by atoms with Crippen molar-refractivity contribution in [3.8, 4) is 0 Å². The molecule has 0 amide bonds. The van der Waals surface area contributed by atoms with Crippen LogP contribution in [0.4, 0.5) is 5.69 Å². The fraction of sp³-hybridized carbons (Fsp3) is 0.368. The van der Waals surface area contributed by atoms with Crippen LogP contribution < -0.4 is 4.90 Å². The predicted octanol–water partition coefficient (Wildman–Crippen LogP) is 4.59. The van der Waals surface area contributed by atoms with Gasteiger partial charge in [-0.05, 0) is 56.4 Å². The number of aryl methyl sites for hydroxylation is 2. The third-order valence-corrected chi connectivity index (χ3v) is 4.20. The summed E-state index contributed by atoms with van der Waals surface area (Å²) in [6, 6.07) is 17.8. The van der Waals surface area contributed by atoms with Crippen molar-refractivity contribution < 1.29 is 0 Å². The van der Waals surface area contributed by atoms with Gasteiger partial charge in [0.15, 0.2) is 0 Å². The zero-order valence-corrected chi connectivity index (χ0v) is 12.7. The maximum absolute atomic E-state index is 2.54. The molecule has 3 rings (SSSR count). The molecule has 0 atom stereocenters. The van der Waals surface area contributed by atoms with E-state index in [0.717, 1.165) is 19.4 Å². The molecule has 0 bridgehead atoms. The van der Waals surface area contributed by atoms with Crippen molar-refractivity contribution in [2.75, 3.05) is 4.90 Å². The molecular formula is C19H23N. The Bertz CT molecular complexity index is 607. The monoisotopic (exact) mass is 265 g/mol. The van der Waals surface area contributed by atoms with Crippen molar-refractivity contribution in [3.63, 3.8) is 0 Å². The van der Waals surface area contributed by atoms with E-state index in [1.807, 2.05) is 0 Å². The summed E-state index contributed by atoms with van der Waals surface area (Å²) in [6.45, 7) is 7.90. The van der Waals surface area contributed by atoms with E-state index in [1.165, 1.54) is 22.4 Å². The smallest absolute Gasteiger partial charge is 0.0437 e. The number of anilines is 1. The average Bonchev–Trinajstić information content (AvgIpc) is 2.40. The maximum atomic E-state index is 2.54. The molecule has 0 fully saturated rings. The largest absolute Gasteiger partial charge is 0.362 e. The minimum atomic E-state index is 0.126. The molecule has 0 aromatic heterocycles. The Morgan fingerprint density at radius 3 is 2.00 bits per heavy atom. The molecule has 1 heterocycles. The molecule has 1 nitrogen and oxygen atoms in total. The van der Waals surface area contributed by atoms with Crippen LogP contribution in [0.25, 0.3) is 0 Å². The molecule has 20 heavy (non-hydrogen) atoms. The number of benzene rings is 2. The summed E-state index contributed by atoms with van der Waals surface area (Å²) in [4.78, 5) is 2.54. The SMILES string of the molecule is CC(C)(C)N1Cc2ccccc2CCc2ccccc21. The van der Waals surface area contributed by atoms with Gasteiger partial charge in [0.2, 0.25) is 0 Å². The summed E-state index contributed by atoms with van der Waals surface area (Å²) < 4.78 is 0. The number of hydrogen-bond acceptors (Lipinski definition) is 1. The van der Waals surface area contributed by atoms with Gasteiger partial charge in [0.05, 0.1) is 0 Å². The van der Waals surface area contributed by atoms with E-state index in [4.69, 9.17) is 0 Å². The highest BCUT2D eigenvalue weighted by Crippen LogP contribution is 2.33. The summed E-state index contributed by atoms with van der Waals surface area (Å²) >= 11 is 0. The Labute approximate surface area is 122 Å². The van der Waals surface area contributed by atoms with E-state index < -0.39 is 0 Å². The highest BCUT2D eigenvalue weighted by Gasteiger charge is 2.25. The van der Waals surface area contributed by atoms with E-state index in [-0.39, 0.29) is 5.54 Å². The number of nitrogens with zero attached hydrogens (tertiary/aromatic N) is 1. The zero-order valence-electron chi connectivity index (χ0n) is 12.7. The van der Waals surface area contributed by atoms with E-state index in [9.17, 15) is 0 Å². The quantitative estimate of drug-likeness (QED) is 0.673. The van der Waals surface area contributed by atoms with Gasteiger partial charge >= 0.3 is 0 Å². The first-order valence-corrected chi connectivity index (χ1v) is 7.48. The Balaban J connectivity index is 2.11. The molecule has 2 aromatic carbocycles. The van der Waals surface area contributed by atoms with Crippen molar-refractivity contribution in [2.24, 2.45) is 0 Å². The van der Waals surface area contributed by atoms with Gasteiger partial charge in [-0.2, -0.15) is 0 Å². The molecule has 0 N–H and O–H groups in total. The van der Waals surface area contributed by atoms with Crippen molar-refractivity contribution in [3.05, 3.63) is 65.2 Å². The van der Waals surface area contributed by atoms with Crippen LogP contribution in [-0.4, -0.2) is 5.54 Å². The summed E-state index contributed by atoms with van der Waals surface area (Å²) in [5.74, 6) is 0. The molecule has 0 spiro atoms. The van der Waals surface area contributed by atoms with Crippen molar-refractivity contribution in [2.45, 2.75) is 45.7 Å². The van der Waals surface area contributed by atoms with Gasteiger partial charge in [0.25, 0.3) is 0 Å². The second-order valence-electron chi connectivity index (χ2n) is 6.65. The molecule has 1 heteroatoms. The van der Waals surface area contributed by atoms with Gasteiger partial charge in [-0.15, -0.1) is 0 Å². The lowest BCUT2D eigenvalue weighted by molar-refractivity contribution is 0.496. The van der Waals surface area contributed by atoms with Gasteiger partial charge in [0, 0.05) is 17.8 Å².